The molecule has 0 bridgehead atoms. The monoisotopic (exact) mass is 302 g/mol. The highest BCUT2D eigenvalue weighted by atomic mass is 32.1. The largest absolute Gasteiger partial charge is 0.508 e. The van der Waals surface area contributed by atoms with Crippen molar-refractivity contribution in [2.45, 2.75) is 6.92 Å². The molecule has 0 saturated heterocycles. The second-order valence-electron chi connectivity index (χ2n) is 4.46. The van der Waals surface area contributed by atoms with Crippen molar-refractivity contribution in [2.75, 3.05) is 23.9 Å². The Morgan fingerprint density at radius 1 is 1.14 bits per heavy atom. The number of nitrogens with one attached hydrogen (secondary N) is 1. The van der Waals surface area contributed by atoms with Crippen molar-refractivity contribution in [3.8, 4) is 11.5 Å². The molecule has 0 radical (unpaired) electrons. The lowest BCUT2D eigenvalue weighted by Crippen LogP contribution is -2.30. The Bertz CT molecular complexity index is 597. The average Bonchev–Trinajstić information content (AvgIpc) is 2.49. The molecule has 0 aromatic heterocycles. The maximum atomic E-state index is 9.30. The number of anilines is 2. The SMILES string of the molecule is CCOc1ccc(NC(=S)N(C)c2ccc(O)cc2)cc1. The zero-order valence-corrected chi connectivity index (χ0v) is 12.9. The van der Waals surface area contributed by atoms with Crippen molar-refractivity contribution in [3.63, 3.8) is 0 Å². The van der Waals surface area contributed by atoms with Crippen molar-refractivity contribution in [1.82, 2.24) is 0 Å². The summed E-state index contributed by atoms with van der Waals surface area (Å²) in [5.74, 6) is 1.07. The maximum Gasteiger partial charge on any atom is 0.177 e. The zero-order valence-electron chi connectivity index (χ0n) is 12.0. The molecule has 110 valence electrons. The van der Waals surface area contributed by atoms with Gasteiger partial charge in [-0.1, -0.05) is 0 Å². The molecule has 0 spiro atoms. The molecule has 2 rings (SSSR count). The summed E-state index contributed by atoms with van der Waals surface area (Å²) in [7, 11) is 1.87. The molecule has 0 aliphatic carbocycles. The second-order valence-corrected chi connectivity index (χ2v) is 4.85. The van der Waals surface area contributed by atoms with Crippen molar-refractivity contribution >= 4 is 28.7 Å². The first kappa shape index (κ1) is 15.1. The lowest BCUT2D eigenvalue weighted by Gasteiger charge is -2.21. The molecular weight excluding hydrogens is 284 g/mol. The molecule has 0 unspecified atom stereocenters. The molecule has 0 amide bonds. The summed E-state index contributed by atoms with van der Waals surface area (Å²) < 4.78 is 5.40. The van der Waals surface area contributed by atoms with E-state index >= 15 is 0 Å². The van der Waals surface area contributed by atoms with Crippen LogP contribution in [0.15, 0.2) is 48.5 Å². The van der Waals surface area contributed by atoms with E-state index in [4.69, 9.17) is 17.0 Å². The fraction of sp³-hybridized carbons (Fsp3) is 0.188. The van der Waals surface area contributed by atoms with Crippen molar-refractivity contribution < 1.29 is 9.84 Å². The number of thiocarbonyl (C=S) groups is 1. The van der Waals surface area contributed by atoms with Crippen molar-refractivity contribution in [1.29, 1.82) is 0 Å². The van der Waals surface area contributed by atoms with E-state index in [1.807, 2.05) is 55.3 Å². The standard InChI is InChI=1S/C16H18N2O2S/c1-3-20-15-10-4-12(5-11-15)17-16(21)18(2)13-6-8-14(19)9-7-13/h4-11,19H,3H2,1-2H3,(H,17,21). The van der Waals surface area contributed by atoms with Gasteiger partial charge in [-0.15, -0.1) is 0 Å². The van der Waals surface area contributed by atoms with Gasteiger partial charge in [-0.2, -0.15) is 0 Å². The molecule has 0 aliphatic rings. The van der Waals surface area contributed by atoms with Gasteiger partial charge in [0.1, 0.15) is 11.5 Å². The summed E-state index contributed by atoms with van der Waals surface area (Å²) in [6, 6.07) is 14.5. The number of nitrogens with zero attached hydrogens (tertiary/aromatic N) is 1. The van der Waals surface area contributed by atoms with Crippen LogP contribution in [0.4, 0.5) is 11.4 Å². The van der Waals surface area contributed by atoms with Crippen LogP contribution in [0, 0.1) is 0 Å². The van der Waals surface area contributed by atoms with Gasteiger partial charge in [-0.25, -0.2) is 0 Å². The number of aromatic hydroxyl groups is 1. The van der Waals surface area contributed by atoms with Gasteiger partial charge in [-0.05, 0) is 67.7 Å². The minimum Gasteiger partial charge on any atom is -0.508 e. The number of ether oxygens (including phenoxy) is 1. The summed E-state index contributed by atoms with van der Waals surface area (Å²) in [5.41, 5.74) is 1.80. The smallest absolute Gasteiger partial charge is 0.177 e. The fourth-order valence-electron chi connectivity index (χ4n) is 1.80. The molecule has 2 aromatic carbocycles. The molecule has 0 aliphatic heterocycles. The predicted molar refractivity (Wildman–Crippen MR) is 90.3 cm³/mol. The quantitative estimate of drug-likeness (QED) is 0.845. The first-order valence-electron chi connectivity index (χ1n) is 6.66. The van der Waals surface area contributed by atoms with E-state index in [-0.39, 0.29) is 5.75 Å². The topological polar surface area (TPSA) is 44.7 Å². The van der Waals surface area contributed by atoms with Crippen LogP contribution in [0.3, 0.4) is 0 Å². The Hall–Kier alpha value is -2.27. The van der Waals surface area contributed by atoms with Crippen molar-refractivity contribution in [2.24, 2.45) is 0 Å². The summed E-state index contributed by atoms with van der Waals surface area (Å²) in [4.78, 5) is 1.84. The second kappa shape index (κ2) is 6.95. The van der Waals surface area contributed by atoms with Crippen LogP contribution in [0.2, 0.25) is 0 Å². The number of phenols is 1. The van der Waals surface area contributed by atoms with Crippen LogP contribution in [-0.4, -0.2) is 23.9 Å². The molecule has 21 heavy (non-hydrogen) atoms. The number of rotatable bonds is 4. The minimum absolute atomic E-state index is 0.234. The maximum absolute atomic E-state index is 9.30. The number of hydrogen-bond donors (Lipinski definition) is 2. The summed E-state index contributed by atoms with van der Waals surface area (Å²) in [6.07, 6.45) is 0. The molecule has 5 heteroatoms. The van der Waals surface area contributed by atoms with E-state index in [9.17, 15) is 5.11 Å². The van der Waals surface area contributed by atoms with E-state index in [2.05, 4.69) is 5.32 Å². The van der Waals surface area contributed by atoms with E-state index < -0.39 is 0 Å². The van der Waals surface area contributed by atoms with Gasteiger partial charge in [0, 0.05) is 18.4 Å². The highest BCUT2D eigenvalue weighted by Gasteiger charge is 2.07. The number of benzene rings is 2. The predicted octanol–water partition coefficient (Wildman–Crippen LogP) is 3.62. The Morgan fingerprint density at radius 3 is 2.33 bits per heavy atom. The summed E-state index contributed by atoms with van der Waals surface area (Å²) in [5, 5.41) is 13.0. The van der Waals surface area contributed by atoms with Crippen LogP contribution in [0.5, 0.6) is 11.5 Å². The lowest BCUT2D eigenvalue weighted by molar-refractivity contribution is 0.340. The van der Waals surface area contributed by atoms with E-state index in [1.165, 1.54) is 0 Å². The Kier molecular flexibility index (Phi) is 5.00. The van der Waals surface area contributed by atoms with E-state index in [0.29, 0.717) is 11.7 Å². The van der Waals surface area contributed by atoms with Crippen LogP contribution in [0.25, 0.3) is 0 Å². The van der Waals surface area contributed by atoms with Gasteiger partial charge in [0.25, 0.3) is 0 Å². The molecule has 2 N–H and O–H groups in total. The molecular formula is C16H18N2O2S. The Morgan fingerprint density at radius 2 is 1.76 bits per heavy atom. The minimum atomic E-state index is 0.234. The van der Waals surface area contributed by atoms with Gasteiger partial charge in [0.05, 0.1) is 6.61 Å². The Labute approximate surface area is 130 Å². The summed E-state index contributed by atoms with van der Waals surface area (Å²) in [6.45, 7) is 2.60. The van der Waals surface area contributed by atoms with Gasteiger partial charge in [0.15, 0.2) is 5.11 Å². The highest BCUT2D eigenvalue weighted by molar-refractivity contribution is 7.80. The zero-order chi connectivity index (χ0) is 15.2. The van der Waals surface area contributed by atoms with Crippen molar-refractivity contribution in [3.05, 3.63) is 48.5 Å². The van der Waals surface area contributed by atoms with E-state index in [1.54, 1.807) is 12.1 Å². The highest BCUT2D eigenvalue weighted by Crippen LogP contribution is 2.19. The van der Waals surface area contributed by atoms with Gasteiger partial charge < -0.3 is 20.1 Å². The van der Waals surface area contributed by atoms with Crippen LogP contribution >= 0.6 is 12.2 Å². The Balaban J connectivity index is 2.01. The normalized spacial score (nSPS) is 10.0. The van der Waals surface area contributed by atoms with Gasteiger partial charge in [-0.3, -0.25) is 0 Å². The molecule has 0 heterocycles. The lowest BCUT2D eigenvalue weighted by atomic mass is 10.3. The third kappa shape index (κ3) is 4.10. The third-order valence-electron chi connectivity index (χ3n) is 2.96. The van der Waals surface area contributed by atoms with Gasteiger partial charge in [0.2, 0.25) is 0 Å². The third-order valence-corrected chi connectivity index (χ3v) is 3.33. The first-order valence-corrected chi connectivity index (χ1v) is 7.07. The molecule has 0 fully saturated rings. The first-order chi connectivity index (χ1) is 10.1. The van der Waals surface area contributed by atoms with E-state index in [0.717, 1.165) is 17.1 Å². The molecule has 4 nitrogen and oxygen atoms in total. The van der Waals surface area contributed by atoms with Crippen LogP contribution in [0.1, 0.15) is 6.92 Å². The number of hydrogen-bond acceptors (Lipinski definition) is 3. The fourth-order valence-corrected chi connectivity index (χ4v) is 2.03. The number of phenolic OH excluding ortho intramolecular Hbond substituents is 1. The van der Waals surface area contributed by atoms with Crippen LogP contribution < -0.4 is 15.0 Å². The van der Waals surface area contributed by atoms with Gasteiger partial charge >= 0.3 is 0 Å². The molecule has 2 aromatic rings. The average molecular weight is 302 g/mol. The summed E-state index contributed by atoms with van der Waals surface area (Å²) >= 11 is 5.38. The van der Waals surface area contributed by atoms with Crippen LogP contribution in [-0.2, 0) is 0 Å². The molecule has 0 atom stereocenters. The molecule has 0 saturated carbocycles.